The van der Waals surface area contributed by atoms with Gasteiger partial charge in [-0.25, -0.2) is 0 Å². The maximum atomic E-state index is 4.70. The molecule has 1 N–H and O–H groups in total. The number of anilines is 1. The molecule has 3 heteroatoms. The average molecular weight is 281 g/mol. The lowest BCUT2D eigenvalue weighted by Gasteiger charge is -2.21. The zero-order valence-electron chi connectivity index (χ0n) is 12.0. The largest absolute Gasteiger partial charge is 0.384 e. The first kappa shape index (κ1) is 14.6. The Morgan fingerprint density at radius 3 is 2.74 bits per heavy atom. The van der Waals surface area contributed by atoms with Gasteiger partial charge in [-0.3, -0.25) is 4.98 Å². The lowest BCUT2D eigenvalue weighted by Crippen LogP contribution is -2.19. The summed E-state index contributed by atoms with van der Waals surface area (Å²) in [6, 6.07) is 2.29. The number of aromatic nitrogens is 1. The minimum atomic E-state index is 0. The first-order valence-electron chi connectivity index (χ1n) is 7.38. The molecule has 1 saturated carbocycles. The number of hydrogen-bond donors (Lipinski definition) is 1. The molecule has 0 unspecified atom stereocenters. The van der Waals surface area contributed by atoms with Gasteiger partial charge < -0.3 is 5.32 Å². The average Bonchev–Trinajstić information content (AvgIpc) is 2.66. The standard InChI is InChI=1S/C16H24N2.ClH/c1-16(2)11-18-15-9-13(17-10-14(15)16)8-12-6-4-3-5-7-12;/h9-10,12,18H,3-8,11H2,1-2H3;1H. The van der Waals surface area contributed by atoms with E-state index < -0.39 is 0 Å². The second-order valence-corrected chi connectivity index (χ2v) is 6.67. The normalized spacial score (nSPS) is 21.4. The molecule has 1 aliphatic heterocycles. The van der Waals surface area contributed by atoms with Gasteiger partial charge in [-0.1, -0.05) is 46.0 Å². The number of nitrogens with one attached hydrogen (secondary N) is 1. The molecule has 0 saturated heterocycles. The fourth-order valence-electron chi connectivity index (χ4n) is 3.39. The molecule has 1 aliphatic carbocycles. The topological polar surface area (TPSA) is 24.9 Å². The Hall–Kier alpha value is -0.760. The Kier molecular flexibility index (Phi) is 4.39. The number of nitrogens with zero attached hydrogens (tertiary/aromatic N) is 1. The summed E-state index contributed by atoms with van der Waals surface area (Å²) in [5.74, 6) is 0.874. The number of hydrogen-bond acceptors (Lipinski definition) is 2. The molecule has 0 aromatic carbocycles. The summed E-state index contributed by atoms with van der Waals surface area (Å²) < 4.78 is 0. The Morgan fingerprint density at radius 2 is 2.00 bits per heavy atom. The van der Waals surface area contributed by atoms with Gasteiger partial charge in [0.2, 0.25) is 0 Å². The van der Waals surface area contributed by atoms with Gasteiger partial charge in [0.1, 0.15) is 0 Å². The molecule has 2 nitrogen and oxygen atoms in total. The number of rotatable bonds is 2. The number of fused-ring (bicyclic) bond motifs is 1. The first-order chi connectivity index (χ1) is 8.65. The van der Waals surface area contributed by atoms with E-state index >= 15 is 0 Å². The third-order valence-electron chi connectivity index (χ3n) is 4.63. The smallest absolute Gasteiger partial charge is 0.0427 e. The summed E-state index contributed by atoms with van der Waals surface area (Å²) >= 11 is 0. The van der Waals surface area contributed by atoms with Crippen LogP contribution in [0.15, 0.2) is 12.3 Å². The molecule has 1 fully saturated rings. The molecular formula is C16H25ClN2. The molecule has 0 spiro atoms. The van der Waals surface area contributed by atoms with Crippen molar-refractivity contribution in [3.8, 4) is 0 Å². The lowest BCUT2D eigenvalue weighted by molar-refractivity contribution is 0.354. The monoisotopic (exact) mass is 280 g/mol. The van der Waals surface area contributed by atoms with E-state index in [4.69, 9.17) is 4.98 Å². The maximum Gasteiger partial charge on any atom is 0.0427 e. The fraction of sp³-hybridized carbons (Fsp3) is 0.688. The van der Waals surface area contributed by atoms with Crippen LogP contribution >= 0.6 is 12.4 Å². The van der Waals surface area contributed by atoms with Crippen molar-refractivity contribution in [1.29, 1.82) is 0 Å². The van der Waals surface area contributed by atoms with Gasteiger partial charge in [-0.2, -0.15) is 0 Å². The highest BCUT2D eigenvalue weighted by Crippen LogP contribution is 2.36. The Labute approximate surface area is 122 Å². The van der Waals surface area contributed by atoms with E-state index in [1.165, 1.54) is 55.5 Å². The van der Waals surface area contributed by atoms with Crippen molar-refractivity contribution in [2.24, 2.45) is 5.92 Å². The SMILES string of the molecule is CC1(C)CNc2cc(CC3CCCCC3)ncc21.Cl. The molecule has 3 rings (SSSR count). The van der Waals surface area contributed by atoms with Gasteiger partial charge in [0, 0.05) is 35.1 Å². The second kappa shape index (κ2) is 5.70. The van der Waals surface area contributed by atoms with Gasteiger partial charge in [-0.05, 0) is 18.4 Å². The highest BCUT2D eigenvalue weighted by molar-refractivity contribution is 5.85. The van der Waals surface area contributed by atoms with Gasteiger partial charge in [-0.15, -0.1) is 12.4 Å². The van der Waals surface area contributed by atoms with Gasteiger partial charge in [0.25, 0.3) is 0 Å². The van der Waals surface area contributed by atoms with Crippen molar-refractivity contribution in [3.05, 3.63) is 23.5 Å². The number of pyridine rings is 1. The van der Waals surface area contributed by atoms with Crippen molar-refractivity contribution in [1.82, 2.24) is 4.98 Å². The summed E-state index contributed by atoms with van der Waals surface area (Å²) in [4.78, 5) is 4.70. The summed E-state index contributed by atoms with van der Waals surface area (Å²) in [5.41, 5.74) is 4.23. The van der Waals surface area contributed by atoms with Crippen molar-refractivity contribution >= 4 is 18.1 Å². The van der Waals surface area contributed by atoms with E-state index in [1.54, 1.807) is 0 Å². The molecule has 0 atom stereocenters. The van der Waals surface area contributed by atoms with Crippen LogP contribution < -0.4 is 5.32 Å². The quantitative estimate of drug-likeness (QED) is 0.872. The molecule has 1 aromatic heterocycles. The van der Waals surface area contributed by atoms with Crippen LogP contribution in [0.25, 0.3) is 0 Å². The third-order valence-corrected chi connectivity index (χ3v) is 4.63. The second-order valence-electron chi connectivity index (χ2n) is 6.67. The van der Waals surface area contributed by atoms with E-state index in [2.05, 4.69) is 31.4 Å². The molecule has 0 radical (unpaired) electrons. The van der Waals surface area contributed by atoms with Crippen molar-refractivity contribution < 1.29 is 0 Å². The molecule has 2 heterocycles. The lowest BCUT2D eigenvalue weighted by atomic mass is 9.85. The minimum absolute atomic E-state index is 0. The summed E-state index contributed by atoms with van der Waals surface area (Å²) in [6.07, 6.45) is 10.4. The Balaban J connectivity index is 0.00000133. The number of halogens is 1. The third kappa shape index (κ3) is 3.05. The predicted molar refractivity (Wildman–Crippen MR) is 83.3 cm³/mol. The van der Waals surface area contributed by atoms with Crippen LogP contribution in [0.4, 0.5) is 5.69 Å². The van der Waals surface area contributed by atoms with E-state index in [-0.39, 0.29) is 17.8 Å². The highest BCUT2D eigenvalue weighted by Gasteiger charge is 2.30. The Morgan fingerprint density at radius 1 is 1.26 bits per heavy atom. The van der Waals surface area contributed by atoms with Gasteiger partial charge >= 0.3 is 0 Å². The highest BCUT2D eigenvalue weighted by atomic mass is 35.5. The molecular weight excluding hydrogens is 256 g/mol. The van der Waals surface area contributed by atoms with E-state index in [9.17, 15) is 0 Å². The van der Waals surface area contributed by atoms with E-state index in [0.717, 1.165) is 12.5 Å². The summed E-state index contributed by atoms with van der Waals surface area (Å²) in [7, 11) is 0. The molecule has 19 heavy (non-hydrogen) atoms. The first-order valence-corrected chi connectivity index (χ1v) is 7.38. The van der Waals surface area contributed by atoms with Gasteiger partial charge in [0.15, 0.2) is 0 Å². The van der Waals surface area contributed by atoms with Crippen LogP contribution in [0.5, 0.6) is 0 Å². The summed E-state index contributed by atoms with van der Waals surface area (Å²) in [6.45, 7) is 5.61. The minimum Gasteiger partial charge on any atom is -0.384 e. The zero-order valence-corrected chi connectivity index (χ0v) is 12.9. The van der Waals surface area contributed by atoms with Crippen LogP contribution in [-0.2, 0) is 11.8 Å². The van der Waals surface area contributed by atoms with E-state index in [1.807, 2.05) is 0 Å². The molecule has 0 amide bonds. The zero-order chi connectivity index (χ0) is 12.6. The van der Waals surface area contributed by atoms with Crippen molar-refractivity contribution in [2.75, 3.05) is 11.9 Å². The van der Waals surface area contributed by atoms with Crippen LogP contribution in [0, 0.1) is 5.92 Å². The molecule has 2 aliphatic rings. The van der Waals surface area contributed by atoms with E-state index in [0.29, 0.717) is 0 Å². The van der Waals surface area contributed by atoms with Crippen LogP contribution in [0.1, 0.15) is 57.2 Å². The van der Waals surface area contributed by atoms with Crippen molar-refractivity contribution in [3.63, 3.8) is 0 Å². The van der Waals surface area contributed by atoms with Crippen molar-refractivity contribution in [2.45, 2.75) is 57.8 Å². The van der Waals surface area contributed by atoms with Crippen LogP contribution in [-0.4, -0.2) is 11.5 Å². The predicted octanol–water partition coefficient (Wildman–Crippen LogP) is 4.33. The maximum absolute atomic E-state index is 4.70. The molecule has 1 aromatic rings. The molecule has 0 bridgehead atoms. The van der Waals surface area contributed by atoms with Crippen LogP contribution in [0.3, 0.4) is 0 Å². The fourth-order valence-corrected chi connectivity index (χ4v) is 3.39. The molecule has 106 valence electrons. The Bertz CT molecular complexity index is 436. The summed E-state index contributed by atoms with van der Waals surface area (Å²) in [5, 5.41) is 3.53. The van der Waals surface area contributed by atoms with Crippen LogP contribution in [0.2, 0.25) is 0 Å². The van der Waals surface area contributed by atoms with Gasteiger partial charge in [0.05, 0.1) is 0 Å².